The summed E-state index contributed by atoms with van der Waals surface area (Å²) in [5.74, 6) is -2.17. The molecule has 7 rings (SSSR count). The van der Waals surface area contributed by atoms with Gasteiger partial charge in [-0.3, -0.25) is 9.48 Å². The fourth-order valence-corrected chi connectivity index (χ4v) is 7.09. The highest BCUT2D eigenvalue weighted by Crippen LogP contribution is 2.28. The van der Waals surface area contributed by atoms with Gasteiger partial charge in [-0.2, -0.15) is 5.10 Å². The number of amides is 2. The Morgan fingerprint density at radius 1 is 0.914 bits per heavy atom. The predicted molar refractivity (Wildman–Crippen MR) is 212 cm³/mol. The number of carbonyl (C=O) groups excluding carboxylic acids is 3. The average Bonchev–Trinajstić information content (AvgIpc) is 3.91. The molecule has 0 saturated carbocycles. The van der Waals surface area contributed by atoms with Gasteiger partial charge in [-0.05, 0) is 70.7 Å². The van der Waals surface area contributed by atoms with Crippen molar-refractivity contribution < 1.29 is 28.2 Å². The first-order valence-corrected chi connectivity index (χ1v) is 19.5. The zero-order valence-corrected chi connectivity index (χ0v) is 32.8. The van der Waals surface area contributed by atoms with E-state index >= 15 is 0 Å². The van der Waals surface area contributed by atoms with Gasteiger partial charge in [0.15, 0.2) is 11.5 Å². The second kappa shape index (κ2) is 17.5. The average molecular weight is 794 g/mol. The maximum atomic E-state index is 13.5. The van der Waals surface area contributed by atoms with Crippen molar-refractivity contribution in [3.63, 3.8) is 0 Å². The van der Waals surface area contributed by atoms with Gasteiger partial charge < -0.3 is 30.3 Å². The minimum atomic E-state index is -1.35. The van der Waals surface area contributed by atoms with E-state index in [2.05, 4.69) is 35.6 Å². The second-order valence-corrected chi connectivity index (χ2v) is 15.6. The molecule has 17 heteroatoms. The molecule has 2 aromatic carbocycles. The summed E-state index contributed by atoms with van der Waals surface area (Å²) < 4.78 is 28.5. The van der Waals surface area contributed by atoms with Crippen molar-refractivity contribution in [2.45, 2.75) is 76.7 Å². The smallest absolute Gasteiger partial charge is 0.410 e. The molecule has 0 aliphatic carbocycles. The summed E-state index contributed by atoms with van der Waals surface area (Å²) in [5, 5.41) is 16.1. The number of esters is 1. The number of aromatic nitrogens is 7. The third kappa shape index (κ3) is 10.0. The lowest BCUT2D eigenvalue weighted by atomic mass is 10.0. The van der Waals surface area contributed by atoms with Crippen LogP contribution in [0.15, 0.2) is 79.4 Å². The molecule has 5 aromatic rings. The molecule has 3 aromatic heterocycles. The first-order chi connectivity index (χ1) is 27.9. The van der Waals surface area contributed by atoms with Crippen LogP contribution in [0.25, 0.3) is 11.3 Å². The Labute approximate surface area is 335 Å². The van der Waals surface area contributed by atoms with Gasteiger partial charge in [0.05, 0.1) is 35.9 Å². The van der Waals surface area contributed by atoms with E-state index in [9.17, 15) is 18.8 Å². The van der Waals surface area contributed by atoms with E-state index in [1.54, 1.807) is 41.4 Å². The number of anilines is 2. The van der Waals surface area contributed by atoms with E-state index < -0.39 is 29.4 Å². The minimum Gasteiger partial charge on any atom is -0.444 e. The Balaban J connectivity index is 0.911. The third-order valence-corrected chi connectivity index (χ3v) is 10.2. The summed E-state index contributed by atoms with van der Waals surface area (Å²) in [6, 6.07) is 14.1. The number of rotatable bonds is 11. The number of nitrogens with two attached hydrogens (primary N) is 1. The molecule has 0 spiro atoms. The number of hydrogen-bond acceptors (Lipinski definition) is 12. The Kier molecular flexibility index (Phi) is 12.1. The lowest BCUT2D eigenvalue weighted by Crippen LogP contribution is -2.42. The summed E-state index contributed by atoms with van der Waals surface area (Å²) >= 11 is 0. The topological polar surface area (TPSA) is 189 Å². The van der Waals surface area contributed by atoms with Crippen LogP contribution < -0.4 is 11.1 Å². The highest BCUT2D eigenvalue weighted by Gasteiger charge is 2.30. The lowest BCUT2D eigenvalue weighted by Gasteiger charge is -2.33. The van der Waals surface area contributed by atoms with Gasteiger partial charge in [-0.15, -0.1) is 5.10 Å². The van der Waals surface area contributed by atoms with Crippen molar-refractivity contribution >= 4 is 29.5 Å². The van der Waals surface area contributed by atoms with Crippen LogP contribution in [0.3, 0.4) is 0 Å². The van der Waals surface area contributed by atoms with Gasteiger partial charge in [0.2, 0.25) is 6.10 Å². The molecule has 2 amide bonds. The van der Waals surface area contributed by atoms with E-state index in [1.807, 2.05) is 42.5 Å². The fraction of sp³-hybridized carbons (Fsp3) is 0.415. The maximum absolute atomic E-state index is 13.5. The van der Waals surface area contributed by atoms with Gasteiger partial charge >= 0.3 is 12.1 Å². The van der Waals surface area contributed by atoms with Gasteiger partial charge in [-0.1, -0.05) is 35.5 Å². The van der Waals surface area contributed by atoms with Crippen molar-refractivity contribution in [1.82, 2.24) is 44.5 Å². The second-order valence-electron chi connectivity index (χ2n) is 15.6. The first kappa shape index (κ1) is 40.0. The SMILES string of the molecule is CC(C)(C)OC(=O)N1CCC(n2cc(CCN3CCC(n4cc(-c5cnc(N)c(C(=O)O[C@@H](C(=O)Nc6ccc(F)cc6)c6ccccc6)n5)cn4)CC3)nn2)CC1. The summed E-state index contributed by atoms with van der Waals surface area (Å²) in [6.45, 7) is 9.54. The Morgan fingerprint density at radius 3 is 2.31 bits per heavy atom. The van der Waals surface area contributed by atoms with Gasteiger partial charge in [-0.25, -0.2) is 28.6 Å². The molecule has 3 N–H and O–H groups in total. The molecular formula is C41H48FN11O5. The summed E-state index contributed by atoms with van der Waals surface area (Å²) in [5.41, 5.74) is 8.07. The van der Waals surface area contributed by atoms with E-state index in [0.717, 1.165) is 57.4 Å². The quantitative estimate of drug-likeness (QED) is 0.157. The highest BCUT2D eigenvalue weighted by atomic mass is 19.1. The highest BCUT2D eigenvalue weighted by molar-refractivity contribution is 5.99. The summed E-state index contributed by atoms with van der Waals surface area (Å²) in [4.78, 5) is 52.2. The monoisotopic (exact) mass is 793 g/mol. The van der Waals surface area contributed by atoms with E-state index in [1.165, 1.54) is 30.5 Å². The third-order valence-electron chi connectivity index (χ3n) is 10.2. The minimum absolute atomic E-state index is 0.151. The molecule has 2 fully saturated rings. The number of piperidine rings is 2. The van der Waals surface area contributed by atoms with E-state index in [0.29, 0.717) is 35.6 Å². The Bertz CT molecular complexity index is 2190. The molecule has 0 radical (unpaired) electrons. The van der Waals surface area contributed by atoms with Crippen LogP contribution in [0.4, 0.5) is 20.7 Å². The van der Waals surface area contributed by atoms with Crippen molar-refractivity contribution in [1.29, 1.82) is 0 Å². The van der Waals surface area contributed by atoms with Crippen LogP contribution in [0.5, 0.6) is 0 Å². The number of carbonyl (C=O) groups is 3. The molecule has 0 bridgehead atoms. The standard InChI is InChI=1S/C41H48FN11O5/c1-41(2,3)58-40(56)51-21-16-33(17-22-51)53-26-31(48-49-53)13-18-50-19-14-32(15-20-50)52-25-28(23-45-52)34-24-44-37(43)35(47-34)39(55)57-36(27-7-5-4-6-8-27)38(54)46-30-11-9-29(42)10-12-30/h4-12,23-26,32-33,36H,13-22H2,1-3H3,(H2,43,44)(H,46,54)/t36-/m1/s1. The number of benzene rings is 2. The molecule has 2 aliphatic heterocycles. The van der Waals surface area contributed by atoms with Gasteiger partial charge in [0.25, 0.3) is 5.91 Å². The van der Waals surface area contributed by atoms with Gasteiger partial charge in [0.1, 0.15) is 11.4 Å². The number of nitrogens with one attached hydrogen (secondary N) is 1. The number of likely N-dealkylation sites (tertiary alicyclic amines) is 2. The van der Waals surface area contributed by atoms with Crippen molar-refractivity contribution in [3.8, 4) is 11.3 Å². The molecule has 304 valence electrons. The Morgan fingerprint density at radius 2 is 1.60 bits per heavy atom. The zero-order chi connectivity index (χ0) is 40.8. The normalized spacial score (nSPS) is 16.2. The van der Waals surface area contributed by atoms with E-state index in [-0.39, 0.29) is 29.7 Å². The van der Waals surface area contributed by atoms with Crippen molar-refractivity contribution in [2.75, 3.05) is 43.8 Å². The number of halogens is 1. The first-order valence-electron chi connectivity index (χ1n) is 19.5. The van der Waals surface area contributed by atoms with Gasteiger partial charge in [0, 0.05) is 68.4 Å². The molecule has 16 nitrogen and oxygen atoms in total. The molecule has 2 saturated heterocycles. The number of ether oxygens (including phenoxy) is 2. The molecule has 0 unspecified atom stereocenters. The van der Waals surface area contributed by atoms with Crippen LogP contribution >= 0.6 is 0 Å². The van der Waals surface area contributed by atoms with Crippen LogP contribution in [0.1, 0.15) is 86.4 Å². The fourth-order valence-electron chi connectivity index (χ4n) is 7.09. The predicted octanol–water partition coefficient (Wildman–Crippen LogP) is 5.64. The zero-order valence-electron chi connectivity index (χ0n) is 32.8. The van der Waals surface area contributed by atoms with Crippen LogP contribution in [-0.2, 0) is 20.7 Å². The lowest BCUT2D eigenvalue weighted by molar-refractivity contribution is -0.125. The van der Waals surface area contributed by atoms with Crippen molar-refractivity contribution in [3.05, 3.63) is 102 Å². The number of hydrogen-bond donors (Lipinski definition) is 2. The molecule has 1 atom stereocenters. The molecule has 2 aliphatic rings. The molecule has 5 heterocycles. The van der Waals surface area contributed by atoms with E-state index in [4.69, 9.17) is 15.2 Å². The molecular weight excluding hydrogens is 746 g/mol. The van der Waals surface area contributed by atoms with Crippen LogP contribution in [0.2, 0.25) is 0 Å². The summed E-state index contributed by atoms with van der Waals surface area (Å²) in [7, 11) is 0. The number of nitrogens with zero attached hydrogens (tertiary/aromatic N) is 9. The Hall–Kier alpha value is -6.23. The largest absolute Gasteiger partial charge is 0.444 e. The maximum Gasteiger partial charge on any atom is 0.410 e. The molecule has 58 heavy (non-hydrogen) atoms. The van der Waals surface area contributed by atoms with Crippen molar-refractivity contribution in [2.24, 2.45) is 0 Å². The number of nitrogen functional groups attached to an aromatic ring is 1. The van der Waals surface area contributed by atoms with Crippen LogP contribution in [0, 0.1) is 5.82 Å². The van der Waals surface area contributed by atoms with Crippen LogP contribution in [-0.4, -0.2) is 101 Å². The summed E-state index contributed by atoms with van der Waals surface area (Å²) in [6.07, 6.45) is 9.64.